The molecule has 0 amide bonds. The van der Waals surface area contributed by atoms with Gasteiger partial charge in [-0.2, -0.15) is 0 Å². The van der Waals surface area contributed by atoms with Crippen LogP contribution in [0.2, 0.25) is 0 Å². The van der Waals surface area contributed by atoms with Crippen molar-refractivity contribution in [3.8, 4) is 0 Å². The Labute approximate surface area is 125 Å². The zero-order valence-corrected chi connectivity index (χ0v) is 12.6. The zero-order chi connectivity index (χ0) is 14.5. The molecular formula is C15H15BrF2N2. The van der Waals surface area contributed by atoms with E-state index in [-0.39, 0.29) is 22.5 Å². The number of nitrogens with one attached hydrogen (secondary N) is 1. The molecule has 1 unspecified atom stereocenters. The summed E-state index contributed by atoms with van der Waals surface area (Å²) < 4.78 is 28.2. The van der Waals surface area contributed by atoms with Gasteiger partial charge in [0.1, 0.15) is 11.6 Å². The normalized spacial score (nSPS) is 12.4. The molecule has 0 aliphatic rings. The van der Waals surface area contributed by atoms with Crippen LogP contribution >= 0.6 is 15.9 Å². The molecule has 1 heterocycles. The van der Waals surface area contributed by atoms with E-state index in [0.717, 1.165) is 5.56 Å². The maximum absolute atomic E-state index is 14.0. The highest BCUT2D eigenvalue weighted by atomic mass is 79.9. The third kappa shape index (κ3) is 3.41. The molecule has 106 valence electrons. The van der Waals surface area contributed by atoms with Gasteiger partial charge in [0.25, 0.3) is 0 Å². The molecule has 2 aromatic rings. The fourth-order valence-corrected chi connectivity index (χ4v) is 2.47. The van der Waals surface area contributed by atoms with Gasteiger partial charge in [-0.15, -0.1) is 0 Å². The number of aromatic nitrogens is 1. The molecular weight excluding hydrogens is 326 g/mol. The highest BCUT2D eigenvalue weighted by Gasteiger charge is 2.18. The van der Waals surface area contributed by atoms with E-state index < -0.39 is 11.6 Å². The monoisotopic (exact) mass is 340 g/mol. The number of benzene rings is 1. The van der Waals surface area contributed by atoms with Gasteiger partial charge in [0, 0.05) is 24.0 Å². The van der Waals surface area contributed by atoms with Crippen molar-refractivity contribution in [1.29, 1.82) is 0 Å². The molecule has 2 rings (SSSR count). The molecule has 0 bridgehead atoms. The van der Waals surface area contributed by atoms with Crippen LogP contribution in [0.15, 0.2) is 41.1 Å². The average molecular weight is 341 g/mol. The number of nitrogens with zero attached hydrogens (tertiary/aromatic N) is 1. The first-order chi connectivity index (χ1) is 9.63. The number of rotatable bonds is 5. The third-order valence-electron chi connectivity index (χ3n) is 3.08. The Morgan fingerprint density at radius 2 is 2.10 bits per heavy atom. The number of likely N-dealkylation sites (N-methyl/N-ethyl adjacent to an activating group) is 1. The minimum atomic E-state index is -0.545. The molecule has 1 aromatic carbocycles. The van der Waals surface area contributed by atoms with Crippen molar-refractivity contribution in [3.05, 3.63) is 63.9 Å². The first kappa shape index (κ1) is 15.1. The lowest BCUT2D eigenvalue weighted by Gasteiger charge is -2.19. The van der Waals surface area contributed by atoms with Gasteiger partial charge in [0.2, 0.25) is 0 Å². The van der Waals surface area contributed by atoms with Gasteiger partial charge in [-0.1, -0.05) is 13.0 Å². The maximum Gasteiger partial charge on any atom is 0.143 e. The number of hydrogen-bond acceptors (Lipinski definition) is 2. The van der Waals surface area contributed by atoms with Gasteiger partial charge in [-0.3, -0.25) is 4.98 Å². The summed E-state index contributed by atoms with van der Waals surface area (Å²) in [6.45, 7) is 2.66. The van der Waals surface area contributed by atoms with Gasteiger partial charge in [-0.05, 0) is 52.7 Å². The lowest BCUT2D eigenvalue weighted by atomic mass is 9.99. The summed E-state index contributed by atoms with van der Waals surface area (Å²) in [7, 11) is 0. The van der Waals surface area contributed by atoms with Gasteiger partial charge in [0.05, 0.1) is 4.47 Å². The van der Waals surface area contributed by atoms with Crippen molar-refractivity contribution >= 4 is 15.9 Å². The van der Waals surface area contributed by atoms with Crippen molar-refractivity contribution in [1.82, 2.24) is 10.3 Å². The summed E-state index contributed by atoms with van der Waals surface area (Å²) in [6.07, 6.45) is 3.62. The van der Waals surface area contributed by atoms with Gasteiger partial charge >= 0.3 is 0 Å². The van der Waals surface area contributed by atoms with E-state index in [2.05, 4.69) is 26.2 Å². The molecule has 1 atom stereocenters. The minimum Gasteiger partial charge on any atom is -0.310 e. The highest BCUT2D eigenvalue weighted by molar-refractivity contribution is 9.10. The van der Waals surface area contributed by atoms with Crippen LogP contribution < -0.4 is 5.32 Å². The second kappa shape index (κ2) is 6.90. The highest BCUT2D eigenvalue weighted by Crippen LogP contribution is 2.26. The summed E-state index contributed by atoms with van der Waals surface area (Å²) in [5.41, 5.74) is 0.988. The third-order valence-corrected chi connectivity index (χ3v) is 3.70. The van der Waals surface area contributed by atoms with Crippen LogP contribution in [0.25, 0.3) is 0 Å². The molecule has 1 N–H and O–H groups in total. The predicted molar refractivity (Wildman–Crippen MR) is 78.4 cm³/mol. The Balaban J connectivity index is 2.32. The van der Waals surface area contributed by atoms with Crippen molar-refractivity contribution in [2.75, 3.05) is 6.54 Å². The smallest absolute Gasteiger partial charge is 0.143 e. The molecule has 1 aromatic heterocycles. The number of halogens is 3. The lowest BCUT2D eigenvalue weighted by molar-refractivity contribution is 0.496. The van der Waals surface area contributed by atoms with Crippen molar-refractivity contribution in [3.63, 3.8) is 0 Å². The molecule has 0 radical (unpaired) electrons. The first-order valence-corrected chi connectivity index (χ1v) is 7.18. The summed E-state index contributed by atoms with van der Waals surface area (Å²) >= 11 is 3.09. The zero-order valence-electron chi connectivity index (χ0n) is 11.0. The molecule has 0 saturated carbocycles. The molecule has 0 saturated heterocycles. The summed E-state index contributed by atoms with van der Waals surface area (Å²) in [5, 5.41) is 3.23. The minimum absolute atomic E-state index is 0.0779. The fourth-order valence-electron chi connectivity index (χ4n) is 2.10. The first-order valence-electron chi connectivity index (χ1n) is 6.39. The molecule has 2 nitrogen and oxygen atoms in total. The summed E-state index contributed by atoms with van der Waals surface area (Å²) in [4.78, 5) is 4.06. The molecule has 0 aliphatic carbocycles. The van der Waals surface area contributed by atoms with Crippen LogP contribution in [0.1, 0.15) is 24.1 Å². The Hall–Kier alpha value is -1.33. The molecule has 0 aliphatic heterocycles. The SMILES string of the molecule is CCNC(Cc1c(F)ccc(Br)c1F)c1cccnc1. The Morgan fingerprint density at radius 3 is 2.75 bits per heavy atom. The second-order valence-electron chi connectivity index (χ2n) is 4.42. The van der Waals surface area contributed by atoms with Gasteiger partial charge in [0.15, 0.2) is 0 Å². The van der Waals surface area contributed by atoms with Crippen molar-refractivity contribution < 1.29 is 8.78 Å². The quantitative estimate of drug-likeness (QED) is 0.831. The standard InChI is InChI=1S/C15H15BrF2N2/c1-2-20-14(10-4-3-7-19-9-10)8-11-13(17)6-5-12(16)15(11)18/h3-7,9,14,20H,2,8H2,1H3. The topological polar surface area (TPSA) is 24.9 Å². The van der Waals surface area contributed by atoms with Crippen LogP contribution in [0.5, 0.6) is 0 Å². The Morgan fingerprint density at radius 1 is 1.30 bits per heavy atom. The molecule has 20 heavy (non-hydrogen) atoms. The number of hydrogen-bond donors (Lipinski definition) is 1. The van der Waals surface area contributed by atoms with E-state index in [1.165, 1.54) is 12.1 Å². The maximum atomic E-state index is 14.0. The summed E-state index contributed by atoms with van der Waals surface area (Å²) in [6, 6.07) is 6.18. The van der Waals surface area contributed by atoms with Crippen LogP contribution in [-0.4, -0.2) is 11.5 Å². The second-order valence-corrected chi connectivity index (χ2v) is 5.28. The van der Waals surface area contributed by atoms with Crippen molar-refractivity contribution in [2.45, 2.75) is 19.4 Å². The van der Waals surface area contributed by atoms with Crippen LogP contribution in [0.3, 0.4) is 0 Å². The fraction of sp³-hybridized carbons (Fsp3) is 0.267. The molecule has 0 fully saturated rings. The number of pyridine rings is 1. The van der Waals surface area contributed by atoms with E-state index in [0.29, 0.717) is 6.54 Å². The van der Waals surface area contributed by atoms with Crippen LogP contribution in [0.4, 0.5) is 8.78 Å². The Bertz CT molecular complexity index is 576. The van der Waals surface area contributed by atoms with E-state index in [1.54, 1.807) is 12.4 Å². The average Bonchev–Trinajstić information content (AvgIpc) is 2.47. The lowest BCUT2D eigenvalue weighted by Crippen LogP contribution is -2.24. The predicted octanol–water partition coefficient (Wildman–Crippen LogP) is 4.02. The van der Waals surface area contributed by atoms with Crippen LogP contribution in [0, 0.1) is 11.6 Å². The molecule has 0 spiro atoms. The largest absolute Gasteiger partial charge is 0.310 e. The van der Waals surface area contributed by atoms with Gasteiger partial charge in [-0.25, -0.2) is 8.78 Å². The van der Waals surface area contributed by atoms with E-state index in [9.17, 15) is 8.78 Å². The van der Waals surface area contributed by atoms with Crippen molar-refractivity contribution in [2.24, 2.45) is 0 Å². The summed E-state index contributed by atoms with van der Waals surface area (Å²) in [5.74, 6) is -1.07. The molecule has 5 heteroatoms. The van der Waals surface area contributed by atoms with E-state index in [1.807, 2.05) is 19.1 Å². The van der Waals surface area contributed by atoms with Crippen LogP contribution in [-0.2, 0) is 6.42 Å². The Kier molecular flexibility index (Phi) is 5.20. The van der Waals surface area contributed by atoms with E-state index in [4.69, 9.17) is 0 Å². The van der Waals surface area contributed by atoms with E-state index >= 15 is 0 Å². The van der Waals surface area contributed by atoms with Gasteiger partial charge < -0.3 is 5.32 Å².